The Morgan fingerprint density at radius 2 is 2.33 bits per heavy atom. The van der Waals surface area contributed by atoms with Crippen LogP contribution in [0.25, 0.3) is 0 Å². The van der Waals surface area contributed by atoms with Crippen molar-refractivity contribution in [1.82, 2.24) is 4.90 Å². The monoisotopic (exact) mass is 281 g/mol. The molecule has 2 aromatic rings. The van der Waals surface area contributed by atoms with Gasteiger partial charge in [0.25, 0.3) is 5.91 Å². The highest BCUT2D eigenvalue weighted by Gasteiger charge is 2.32. The Labute approximate surface area is 114 Å². The molecule has 1 amide bonds. The summed E-state index contributed by atoms with van der Waals surface area (Å²) < 4.78 is 5.20. The van der Waals surface area contributed by atoms with Crippen molar-refractivity contribution in [3.05, 3.63) is 45.5 Å². The molecule has 3 rings (SSSR count). The van der Waals surface area contributed by atoms with E-state index < -0.39 is 0 Å². The number of hydrogen-bond donors (Lipinski definition) is 0. The molecular weight excluding hydrogens is 270 g/mol. The van der Waals surface area contributed by atoms with Gasteiger partial charge in [-0.3, -0.25) is 4.79 Å². The van der Waals surface area contributed by atoms with Gasteiger partial charge in [0.2, 0.25) is 0 Å². The van der Waals surface area contributed by atoms with Crippen LogP contribution in [0.15, 0.2) is 33.4 Å². The third-order valence-corrected chi connectivity index (χ3v) is 4.13. The fourth-order valence-corrected chi connectivity index (χ4v) is 3.24. The summed E-state index contributed by atoms with van der Waals surface area (Å²) in [7, 11) is 0. The van der Waals surface area contributed by atoms with E-state index in [1.807, 2.05) is 10.3 Å². The lowest BCUT2D eigenvalue weighted by atomic mass is 10.1. The first-order valence-electron chi connectivity index (χ1n) is 5.84. The second kappa shape index (κ2) is 4.78. The zero-order chi connectivity index (χ0) is 12.5. The average Bonchev–Trinajstić information content (AvgIpc) is 3.08. The van der Waals surface area contributed by atoms with Crippen LogP contribution in [-0.4, -0.2) is 17.4 Å². The normalized spacial score (nSPS) is 19.4. The van der Waals surface area contributed by atoms with Gasteiger partial charge in [0.1, 0.15) is 0 Å². The van der Waals surface area contributed by atoms with Gasteiger partial charge in [-0.2, -0.15) is 11.3 Å². The van der Waals surface area contributed by atoms with E-state index in [4.69, 9.17) is 16.0 Å². The van der Waals surface area contributed by atoms with E-state index in [2.05, 4.69) is 11.4 Å². The summed E-state index contributed by atoms with van der Waals surface area (Å²) in [6.45, 7) is 0.775. The third kappa shape index (κ3) is 2.06. The first kappa shape index (κ1) is 11.8. The minimum absolute atomic E-state index is 0.0735. The van der Waals surface area contributed by atoms with Crippen molar-refractivity contribution in [2.24, 2.45) is 0 Å². The molecule has 94 valence electrons. The number of carbonyl (C=O) groups excluding carboxylic acids is 1. The molecule has 3 nitrogen and oxygen atoms in total. The van der Waals surface area contributed by atoms with Crippen molar-refractivity contribution >= 4 is 28.8 Å². The lowest BCUT2D eigenvalue weighted by Gasteiger charge is -2.23. The molecule has 0 saturated carbocycles. The molecule has 1 atom stereocenters. The van der Waals surface area contributed by atoms with Crippen LogP contribution in [0, 0.1) is 0 Å². The molecule has 1 aliphatic heterocycles. The number of amides is 1. The lowest BCUT2D eigenvalue weighted by Crippen LogP contribution is -2.30. The molecule has 0 aliphatic carbocycles. The molecule has 0 spiro atoms. The fourth-order valence-electron chi connectivity index (χ4n) is 2.39. The maximum Gasteiger partial charge on any atom is 0.290 e. The maximum atomic E-state index is 12.3. The topological polar surface area (TPSA) is 33.5 Å². The van der Waals surface area contributed by atoms with E-state index in [1.165, 1.54) is 5.56 Å². The largest absolute Gasteiger partial charge is 0.440 e. The van der Waals surface area contributed by atoms with Crippen LogP contribution in [-0.2, 0) is 0 Å². The smallest absolute Gasteiger partial charge is 0.290 e. The summed E-state index contributed by atoms with van der Waals surface area (Å²) in [4.78, 5) is 14.2. The number of carbonyl (C=O) groups is 1. The highest BCUT2D eigenvalue weighted by molar-refractivity contribution is 7.07. The molecule has 5 heteroatoms. The summed E-state index contributed by atoms with van der Waals surface area (Å²) in [5, 5.41) is 4.40. The molecular formula is C13H12ClNO2S. The van der Waals surface area contributed by atoms with Crippen LogP contribution in [0.1, 0.15) is 35.0 Å². The standard InChI is InChI=1S/C13H12ClNO2S/c14-12-4-3-11(17-12)13(16)15-6-1-2-10(15)9-5-7-18-8-9/h3-5,7-8,10H,1-2,6H2. The molecule has 1 fully saturated rings. The number of rotatable bonds is 2. The maximum absolute atomic E-state index is 12.3. The SMILES string of the molecule is O=C(c1ccc(Cl)o1)N1CCCC1c1ccsc1. The second-order valence-electron chi connectivity index (χ2n) is 4.32. The summed E-state index contributed by atoms with van der Waals surface area (Å²) in [6, 6.07) is 5.49. The zero-order valence-corrected chi connectivity index (χ0v) is 11.2. The van der Waals surface area contributed by atoms with Gasteiger partial charge in [-0.15, -0.1) is 0 Å². The van der Waals surface area contributed by atoms with E-state index in [0.717, 1.165) is 19.4 Å². The van der Waals surface area contributed by atoms with E-state index in [1.54, 1.807) is 23.5 Å². The van der Waals surface area contributed by atoms with Crippen LogP contribution in [0.4, 0.5) is 0 Å². The van der Waals surface area contributed by atoms with E-state index >= 15 is 0 Å². The van der Waals surface area contributed by atoms with Crippen molar-refractivity contribution < 1.29 is 9.21 Å². The van der Waals surface area contributed by atoms with Crippen molar-refractivity contribution in [3.8, 4) is 0 Å². The molecule has 18 heavy (non-hydrogen) atoms. The summed E-state index contributed by atoms with van der Waals surface area (Å²) in [5.41, 5.74) is 1.21. The summed E-state index contributed by atoms with van der Waals surface area (Å²) in [6.07, 6.45) is 2.04. The summed E-state index contributed by atoms with van der Waals surface area (Å²) >= 11 is 7.37. The van der Waals surface area contributed by atoms with Crippen LogP contribution >= 0.6 is 22.9 Å². The number of likely N-dealkylation sites (tertiary alicyclic amines) is 1. The quantitative estimate of drug-likeness (QED) is 0.834. The van der Waals surface area contributed by atoms with Crippen LogP contribution in [0.5, 0.6) is 0 Å². The Kier molecular flexibility index (Phi) is 3.14. The fraction of sp³-hybridized carbons (Fsp3) is 0.308. The number of thiophene rings is 1. The Morgan fingerprint density at radius 1 is 1.44 bits per heavy atom. The van der Waals surface area contributed by atoms with Gasteiger partial charge in [-0.05, 0) is 59.0 Å². The Morgan fingerprint density at radius 3 is 3.00 bits per heavy atom. The zero-order valence-electron chi connectivity index (χ0n) is 9.64. The third-order valence-electron chi connectivity index (χ3n) is 3.23. The van der Waals surface area contributed by atoms with Crippen molar-refractivity contribution in [2.75, 3.05) is 6.54 Å². The molecule has 0 aromatic carbocycles. The van der Waals surface area contributed by atoms with Crippen molar-refractivity contribution in [3.63, 3.8) is 0 Å². The van der Waals surface area contributed by atoms with Gasteiger partial charge in [0.05, 0.1) is 6.04 Å². The summed E-state index contributed by atoms with van der Waals surface area (Å²) in [5.74, 6) is 0.248. The van der Waals surface area contributed by atoms with E-state index in [9.17, 15) is 4.79 Å². The minimum Gasteiger partial charge on any atom is -0.440 e. The molecule has 3 heterocycles. The average molecular weight is 282 g/mol. The van der Waals surface area contributed by atoms with Crippen molar-refractivity contribution in [2.45, 2.75) is 18.9 Å². The van der Waals surface area contributed by atoms with Gasteiger partial charge in [-0.25, -0.2) is 0 Å². The Balaban J connectivity index is 1.85. The minimum atomic E-state index is -0.0735. The second-order valence-corrected chi connectivity index (χ2v) is 5.47. The highest BCUT2D eigenvalue weighted by atomic mass is 35.5. The van der Waals surface area contributed by atoms with E-state index in [0.29, 0.717) is 5.76 Å². The van der Waals surface area contributed by atoms with E-state index in [-0.39, 0.29) is 17.2 Å². The number of furan rings is 1. The Hall–Kier alpha value is -1.26. The van der Waals surface area contributed by atoms with Crippen LogP contribution < -0.4 is 0 Å². The molecule has 1 unspecified atom stereocenters. The first-order valence-corrected chi connectivity index (χ1v) is 7.16. The van der Waals surface area contributed by atoms with Gasteiger partial charge in [-0.1, -0.05) is 0 Å². The molecule has 0 bridgehead atoms. The molecule has 0 N–H and O–H groups in total. The number of halogens is 1. The first-order chi connectivity index (χ1) is 8.75. The van der Waals surface area contributed by atoms with Crippen LogP contribution in [0.2, 0.25) is 5.22 Å². The predicted octanol–water partition coefficient (Wildman–Crippen LogP) is 3.97. The lowest BCUT2D eigenvalue weighted by molar-refractivity contribution is 0.0703. The molecule has 2 aromatic heterocycles. The van der Waals surface area contributed by atoms with Crippen molar-refractivity contribution in [1.29, 1.82) is 0 Å². The highest BCUT2D eigenvalue weighted by Crippen LogP contribution is 2.34. The van der Waals surface area contributed by atoms with Gasteiger partial charge in [0, 0.05) is 6.54 Å². The van der Waals surface area contributed by atoms with Gasteiger partial charge < -0.3 is 9.32 Å². The Bertz CT molecular complexity index is 549. The van der Waals surface area contributed by atoms with Gasteiger partial charge >= 0.3 is 0 Å². The predicted molar refractivity (Wildman–Crippen MR) is 71.0 cm³/mol. The molecule has 1 saturated heterocycles. The van der Waals surface area contributed by atoms with Crippen LogP contribution in [0.3, 0.4) is 0 Å². The number of nitrogens with zero attached hydrogens (tertiary/aromatic N) is 1. The molecule has 1 aliphatic rings. The number of hydrogen-bond acceptors (Lipinski definition) is 3. The van der Waals surface area contributed by atoms with Gasteiger partial charge in [0.15, 0.2) is 11.0 Å². The molecule has 0 radical (unpaired) electrons.